The topological polar surface area (TPSA) is 49.3 Å². The molecular formula is C9H15NO2. The van der Waals surface area contributed by atoms with Crippen molar-refractivity contribution in [1.82, 2.24) is 5.32 Å². The molecule has 1 unspecified atom stereocenters. The zero-order valence-electron chi connectivity index (χ0n) is 7.55. The second-order valence-electron chi connectivity index (χ2n) is 3.07. The van der Waals surface area contributed by atoms with Crippen LogP contribution in [0.4, 0.5) is 0 Å². The number of aliphatic hydroxyl groups is 1. The van der Waals surface area contributed by atoms with Gasteiger partial charge in [-0.1, -0.05) is 13.3 Å². The van der Waals surface area contributed by atoms with E-state index in [0.717, 1.165) is 6.42 Å². The van der Waals surface area contributed by atoms with Crippen molar-refractivity contribution in [3.8, 4) is 12.3 Å². The molecule has 0 aromatic rings. The lowest BCUT2D eigenvalue weighted by atomic mass is 10.0. The highest BCUT2D eigenvalue weighted by molar-refractivity contribution is 5.92. The standard InChI is InChI=1S/C9H15NO2/c1-4-6-9(3,12)7-10-8(11)5-2/h2,12H,4,6-7H2,1,3H3,(H,10,11). The van der Waals surface area contributed by atoms with E-state index in [1.54, 1.807) is 6.92 Å². The Morgan fingerprint density at radius 2 is 2.33 bits per heavy atom. The molecule has 2 N–H and O–H groups in total. The first-order valence-electron chi connectivity index (χ1n) is 3.98. The van der Waals surface area contributed by atoms with E-state index in [1.165, 1.54) is 0 Å². The Balaban J connectivity index is 3.76. The lowest BCUT2D eigenvalue weighted by Gasteiger charge is -2.22. The summed E-state index contributed by atoms with van der Waals surface area (Å²) < 4.78 is 0. The third-order valence-corrected chi connectivity index (χ3v) is 1.55. The number of nitrogens with one attached hydrogen (secondary N) is 1. The van der Waals surface area contributed by atoms with Gasteiger partial charge < -0.3 is 10.4 Å². The van der Waals surface area contributed by atoms with Crippen molar-refractivity contribution < 1.29 is 9.90 Å². The summed E-state index contributed by atoms with van der Waals surface area (Å²) in [5.41, 5.74) is -0.846. The average Bonchev–Trinajstić information content (AvgIpc) is 2.00. The number of hydrogen-bond donors (Lipinski definition) is 2. The Labute approximate surface area is 73.2 Å². The van der Waals surface area contributed by atoms with E-state index in [9.17, 15) is 9.90 Å². The van der Waals surface area contributed by atoms with Gasteiger partial charge in [0.05, 0.1) is 5.60 Å². The summed E-state index contributed by atoms with van der Waals surface area (Å²) in [5, 5.41) is 12.0. The summed E-state index contributed by atoms with van der Waals surface area (Å²) in [6, 6.07) is 0. The first-order valence-corrected chi connectivity index (χ1v) is 3.98. The smallest absolute Gasteiger partial charge is 0.295 e. The predicted molar refractivity (Wildman–Crippen MR) is 47.4 cm³/mol. The molecule has 12 heavy (non-hydrogen) atoms. The molecule has 1 atom stereocenters. The predicted octanol–water partition coefficient (Wildman–Crippen LogP) is 0.287. The van der Waals surface area contributed by atoms with Crippen molar-refractivity contribution in [2.45, 2.75) is 32.3 Å². The van der Waals surface area contributed by atoms with Crippen LogP contribution in [0, 0.1) is 12.3 Å². The van der Waals surface area contributed by atoms with Gasteiger partial charge >= 0.3 is 0 Å². The summed E-state index contributed by atoms with van der Waals surface area (Å²) >= 11 is 0. The lowest BCUT2D eigenvalue weighted by Crippen LogP contribution is -2.39. The molecule has 0 aliphatic rings. The fraction of sp³-hybridized carbons (Fsp3) is 0.667. The minimum atomic E-state index is -0.846. The maximum Gasteiger partial charge on any atom is 0.295 e. The largest absolute Gasteiger partial charge is 0.388 e. The van der Waals surface area contributed by atoms with E-state index in [-0.39, 0.29) is 6.54 Å². The van der Waals surface area contributed by atoms with Crippen LogP contribution in [0.5, 0.6) is 0 Å². The van der Waals surface area contributed by atoms with Gasteiger partial charge in [-0.2, -0.15) is 0 Å². The van der Waals surface area contributed by atoms with Crippen molar-refractivity contribution in [2.75, 3.05) is 6.54 Å². The molecule has 0 fully saturated rings. The Bertz CT molecular complexity index is 191. The molecule has 0 heterocycles. The highest BCUT2D eigenvalue weighted by Gasteiger charge is 2.18. The summed E-state index contributed by atoms with van der Waals surface area (Å²) in [4.78, 5) is 10.6. The van der Waals surface area contributed by atoms with Crippen molar-refractivity contribution >= 4 is 5.91 Å². The molecule has 0 aliphatic carbocycles. The molecule has 0 aromatic carbocycles. The van der Waals surface area contributed by atoms with Crippen LogP contribution in [0.3, 0.4) is 0 Å². The zero-order valence-corrected chi connectivity index (χ0v) is 7.55. The Morgan fingerprint density at radius 3 is 2.75 bits per heavy atom. The molecule has 0 aromatic heterocycles. The van der Waals surface area contributed by atoms with Crippen molar-refractivity contribution in [3.05, 3.63) is 0 Å². The highest BCUT2D eigenvalue weighted by atomic mass is 16.3. The van der Waals surface area contributed by atoms with Crippen LogP contribution in [0.1, 0.15) is 26.7 Å². The minimum Gasteiger partial charge on any atom is -0.388 e. The van der Waals surface area contributed by atoms with Crippen molar-refractivity contribution in [3.63, 3.8) is 0 Å². The molecule has 0 spiro atoms. The van der Waals surface area contributed by atoms with E-state index in [0.29, 0.717) is 6.42 Å². The normalized spacial score (nSPS) is 14.5. The molecule has 0 bridgehead atoms. The summed E-state index contributed by atoms with van der Waals surface area (Å²) in [5.74, 6) is 1.44. The molecule has 0 saturated heterocycles. The lowest BCUT2D eigenvalue weighted by molar-refractivity contribution is -0.116. The molecule has 1 amide bonds. The van der Waals surface area contributed by atoms with E-state index >= 15 is 0 Å². The number of carbonyl (C=O) groups is 1. The number of terminal acetylenes is 1. The van der Waals surface area contributed by atoms with Gasteiger partial charge in [0.25, 0.3) is 5.91 Å². The van der Waals surface area contributed by atoms with Crippen LogP contribution in [-0.4, -0.2) is 23.2 Å². The van der Waals surface area contributed by atoms with Crippen LogP contribution in [0.15, 0.2) is 0 Å². The molecule has 0 aliphatic heterocycles. The second-order valence-corrected chi connectivity index (χ2v) is 3.07. The third-order valence-electron chi connectivity index (χ3n) is 1.55. The van der Waals surface area contributed by atoms with Gasteiger partial charge in [-0.15, -0.1) is 6.42 Å². The average molecular weight is 169 g/mol. The quantitative estimate of drug-likeness (QED) is 0.594. The number of rotatable bonds is 4. The van der Waals surface area contributed by atoms with Gasteiger partial charge in [0.1, 0.15) is 0 Å². The maximum absolute atomic E-state index is 10.6. The van der Waals surface area contributed by atoms with Gasteiger partial charge in [-0.3, -0.25) is 4.79 Å². The molecular weight excluding hydrogens is 154 g/mol. The Morgan fingerprint density at radius 1 is 1.75 bits per heavy atom. The fourth-order valence-corrected chi connectivity index (χ4v) is 0.949. The summed E-state index contributed by atoms with van der Waals surface area (Å²) in [6.07, 6.45) is 6.36. The Hall–Kier alpha value is -1.01. The van der Waals surface area contributed by atoms with Crippen LogP contribution in [0.2, 0.25) is 0 Å². The Kier molecular flexibility index (Phi) is 4.38. The molecule has 0 rings (SSSR count). The van der Waals surface area contributed by atoms with Crippen LogP contribution in [-0.2, 0) is 4.79 Å². The van der Waals surface area contributed by atoms with E-state index in [4.69, 9.17) is 6.42 Å². The van der Waals surface area contributed by atoms with Gasteiger partial charge in [0, 0.05) is 6.54 Å². The minimum absolute atomic E-state index is 0.212. The zero-order chi connectivity index (χ0) is 9.61. The van der Waals surface area contributed by atoms with Gasteiger partial charge in [0.15, 0.2) is 0 Å². The second kappa shape index (κ2) is 4.78. The van der Waals surface area contributed by atoms with Gasteiger partial charge in [-0.25, -0.2) is 0 Å². The van der Waals surface area contributed by atoms with Crippen LogP contribution < -0.4 is 5.32 Å². The number of carbonyl (C=O) groups excluding carboxylic acids is 1. The first-order chi connectivity index (χ1) is 5.52. The number of hydrogen-bond acceptors (Lipinski definition) is 2. The van der Waals surface area contributed by atoms with Crippen molar-refractivity contribution in [1.29, 1.82) is 0 Å². The molecule has 3 heteroatoms. The van der Waals surface area contributed by atoms with E-state index in [2.05, 4.69) is 5.32 Å². The van der Waals surface area contributed by atoms with Crippen LogP contribution >= 0.6 is 0 Å². The SMILES string of the molecule is C#CC(=O)NCC(C)(O)CCC. The van der Waals surface area contributed by atoms with Crippen molar-refractivity contribution in [2.24, 2.45) is 0 Å². The monoisotopic (exact) mass is 169 g/mol. The molecule has 68 valence electrons. The third kappa shape index (κ3) is 4.75. The fourth-order valence-electron chi connectivity index (χ4n) is 0.949. The van der Waals surface area contributed by atoms with Gasteiger partial charge in [-0.05, 0) is 19.3 Å². The number of amides is 1. The molecule has 3 nitrogen and oxygen atoms in total. The summed E-state index contributed by atoms with van der Waals surface area (Å²) in [7, 11) is 0. The van der Waals surface area contributed by atoms with Crippen LogP contribution in [0.25, 0.3) is 0 Å². The molecule has 0 saturated carbocycles. The van der Waals surface area contributed by atoms with E-state index in [1.807, 2.05) is 12.8 Å². The van der Waals surface area contributed by atoms with Gasteiger partial charge in [0.2, 0.25) is 0 Å². The van der Waals surface area contributed by atoms with E-state index < -0.39 is 11.5 Å². The molecule has 0 radical (unpaired) electrons. The summed E-state index contributed by atoms with van der Waals surface area (Å²) in [6.45, 7) is 3.86. The maximum atomic E-state index is 10.6. The first kappa shape index (κ1) is 11.0. The highest BCUT2D eigenvalue weighted by Crippen LogP contribution is 2.09.